The minimum atomic E-state index is -0.250. The van der Waals surface area contributed by atoms with Crippen molar-refractivity contribution in [2.75, 3.05) is 11.5 Å². The Balaban J connectivity index is 3.53. The zero-order valence-electron chi connectivity index (χ0n) is 8.13. The van der Waals surface area contributed by atoms with Crippen LogP contribution in [-0.4, -0.2) is 11.6 Å². The van der Waals surface area contributed by atoms with E-state index in [1.807, 2.05) is 0 Å². The predicted molar refractivity (Wildman–Crippen MR) is 55.3 cm³/mol. The van der Waals surface area contributed by atoms with Crippen LogP contribution in [0.25, 0.3) is 0 Å². The van der Waals surface area contributed by atoms with Crippen LogP contribution < -0.4 is 11.5 Å². The number of Topliss-reactive ketones (excluding diaryl/α,β-unsaturated/α-hetero) is 2. The average Bonchev–Trinajstić information content (AvgIpc) is 2.08. The Morgan fingerprint density at radius 1 is 1.07 bits per heavy atom. The van der Waals surface area contributed by atoms with Gasteiger partial charge in [-0.1, -0.05) is 0 Å². The fourth-order valence-corrected chi connectivity index (χ4v) is 1.31. The molecule has 4 nitrogen and oxygen atoms in total. The van der Waals surface area contributed by atoms with Crippen molar-refractivity contribution in [2.45, 2.75) is 13.8 Å². The van der Waals surface area contributed by atoms with E-state index < -0.39 is 0 Å². The van der Waals surface area contributed by atoms with Crippen molar-refractivity contribution in [1.29, 1.82) is 0 Å². The summed E-state index contributed by atoms with van der Waals surface area (Å²) in [4.78, 5) is 22.4. The molecule has 0 fully saturated rings. The normalized spacial score (nSPS) is 9.86. The Morgan fingerprint density at radius 2 is 1.64 bits per heavy atom. The van der Waals surface area contributed by atoms with E-state index >= 15 is 0 Å². The largest absolute Gasteiger partial charge is 0.397 e. The highest BCUT2D eigenvalue weighted by atomic mass is 16.1. The quantitative estimate of drug-likeness (QED) is 0.545. The van der Waals surface area contributed by atoms with E-state index in [-0.39, 0.29) is 22.8 Å². The van der Waals surface area contributed by atoms with Crippen molar-refractivity contribution in [3.05, 3.63) is 23.3 Å². The number of nitrogen functional groups attached to an aromatic ring is 2. The van der Waals surface area contributed by atoms with Crippen molar-refractivity contribution in [2.24, 2.45) is 0 Å². The van der Waals surface area contributed by atoms with Gasteiger partial charge in [-0.2, -0.15) is 0 Å². The summed E-state index contributed by atoms with van der Waals surface area (Å²) in [5.41, 5.74) is 12.2. The standard InChI is InChI=1S/C10H12N2O2/c1-5(13)7-3-4-8(11)10(12)9(7)6(2)14/h3-4H,11-12H2,1-2H3. The highest BCUT2D eigenvalue weighted by molar-refractivity contribution is 6.11. The van der Waals surface area contributed by atoms with Gasteiger partial charge in [0.25, 0.3) is 0 Å². The van der Waals surface area contributed by atoms with E-state index in [0.29, 0.717) is 11.3 Å². The first kappa shape index (κ1) is 10.2. The lowest BCUT2D eigenvalue weighted by Crippen LogP contribution is -2.10. The molecule has 0 saturated heterocycles. The van der Waals surface area contributed by atoms with Crippen LogP contribution >= 0.6 is 0 Å². The van der Waals surface area contributed by atoms with Crippen molar-refractivity contribution in [1.82, 2.24) is 0 Å². The maximum atomic E-state index is 11.3. The van der Waals surface area contributed by atoms with E-state index in [2.05, 4.69) is 0 Å². The maximum absolute atomic E-state index is 11.3. The summed E-state index contributed by atoms with van der Waals surface area (Å²) in [6.45, 7) is 2.75. The Bertz CT molecular complexity index is 411. The van der Waals surface area contributed by atoms with E-state index in [9.17, 15) is 9.59 Å². The third-order valence-electron chi connectivity index (χ3n) is 2.01. The number of hydrogen-bond acceptors (Lipinski definition) is 4. The third-order valence-corrected chi connectivity index (χ3v) is 2.01. The molecule has 4 heteroatoms. The zero-order chi connectivity index (χ0) is 10.9. The van der Waals surface area contributed by atoms with Crippen molar-refractivity contribution >= 4 is 22.9 Å². The Labute approximate surface area is 81.9 Å². The molecule has 0 saturated carbocycles. The first-order chi connectivity index (χ1) is 6.45. The van der Waals surface area contributed by atoms with Gasteiger partial charge in [0.05, 0.1) is 16.9 Å². The number of carbonyl (C=O) groups is 2. The summed E-state index contributed by atoms with van der Waals surface area (Å²) < 4.78 is 0. The van der Waals surface area contributed by atoms with Crippen LogP contribution in [0.4, 0.5) is 11.4 Å². The molecule has 14 heavy (non-hydrogen) atoms. The van der Waals surface area contributed by atoms with E-state index in [1.165, 1.54) is 26.0 Å². The van der Waals surface area contributed by atoms with Crippen LogP contribution in [0, 0.1) is 0 Å². The van der Waals surface area contributed by atoms with Gasteiger partial charge in [-0.15, -0.1) is 0 Å². The molecular formula is C10H12N2O2. The smallest absolute Gasteiger partial charge is 0.162 e. The van der Waals surface area contributed by atoms with E-state index in [1.54, 1.807) is 0 Å². The second-order valence-electron chi connectivity index (χ2n) is 3.10. The van der Waals surface area contributed by atoms with Crippen LogP contribution in [-0.2, 0) is 0 Å². The van der Waals surface area contributed by atoms with Gasteiger partial charge < -0.3 is 11.5 Å². The molecular weight excluding hydrogens is 180 g/mol. The molecule has 0 aliphatic carbocycles. The molecule has 1 aromatic rings. The average molecular weight is 192 g/mol. The van der Waals surface area contributed by atoms with Gasteiger partial charge in [0.2, 0.25) is 0 Å². The fourth-order valence-electron chi connectivity index (χ4n) is 1.31. The summed E-state index contributed by atoms with van der Waals surface area (Å²) in [6, 6.07) is 3.04. The molecule has 0 aliphatic rings. The molecule has 4 N–H and O–H groups in total. The van der Waals surface area contributed by atoms with Gasteiger partial charge in [0.15, 0.2) is 11.6 Å². The molecule has 0 aliphatic heterocycles. The van der Waals surface area contributed by atoms with Crippen LogP contribution in [0.1, 0.15) is 34.6 Å². The third kappa shape index (κ3) is 1.59. The lowest BCUT2D eigenvalue weighted by atomic mass is 9.98. The zero-order valence-corrected chi connectivity index (χ0v) is 8.13. The number of ketones is 2. The van der Waals surface area contributed by atoms with Crippen LogP contribution in [0.15, 0.2) is 12.1 Å². The van der Waals surface area contributed by atoms with Gasteiger partial charge in [-0.25, -0.2) is 0 Å². The summed E-state index contributed by atoms with van der Waals surface area (Å²) in [7, 11) is 0. The summed E-state index contributed by atoms with van der Waals surface area (Å²) >= 11 is 0. The monoisotopic (exact) mass is 192 g/mol. The predicted octanol–water partition coefficient (Wildman–Crippen LogP) is 1.26. The molecule has 0 unspecified atom stereocenters. The number of hydrogen-bond donors (Lipinski definition) is 2. The molecule has 0 spiro atoms. The van der Waals surface area contributed by atoms with Gasteiger partial charge in [-0.05, 0) is 26.0 Å². The molecule has 74 valence electrons. The number of nitrogens with two attached hydrogens (primary N) is 2. The highest BCUT2D eigenvalue weighted by Crippen LogP contribution is 2.24. The topological polar surface area (TPSA) is 86.2 Å². The second-order valence-corrected chi connectivity index (χ2v) is 3.10. The van der Waals surface area contributed by atoms with Crippen molar-refractivity contribution in [3.63, 3.8) is 0 Å². The van der Waals surface area contributed by atoms with E-state index in [0.717, 1.165) is 0 Å². The molecule has 1 rings (SSSR count). The molecule has 0 atom stereocenters. The van der Waals surface area contributed by atoms with E-state index in [4.69, 9.17) is 11.5 Å². The number of carbonyl (C=O) groups excluding carboxylic acids is 2. The summed E-state index contributed by atoms with van der Waals surface area (Å²) in [5, 5.41) is 0. The second kappa shape index (κ2) is 3.49. The Kier molecular flexibility index (Phi) is 2.56. The maximum Gasteiger partial charge on any atom is 0.162 e. The SMILES string of the molecule is CC(=O)c1ccc(N)c(N)c1C(C)=O. The first-order valence-corrected chi connectivity index (χ1v) is 4.15. The highest BCUT2D eigenvalue weighted by Gasteiger charge is 2.15. The molecule has 0 aromatic heterocycles. The molecule has 0 bridgehead atoms. The molecule has 0 amide bonds. The van der Waals surface area contributed by atoms with Gasteiger partial charge in [0, 0.05) is 5.56 Å². The Morgan fingerprint density at radius 3 is 2.07 bits per heavy atom. The minimum absolute atomic E-state index is 0.185. The van der Waals surface area contributed by atoms with Crippen LogP contribution in [0.5, 0.6) is 0 Å². The minimum Gasteiger partial charge on any atom is -0.397 e. The van der Waals surface area contributed by atoms with Crippen molar-refractivity contribution in [3.8, 4) is 0 Å². The lowest BCUT2D eigenvalue weighted by molar-refractivity contribution is 0.0981. The van der Waals surface area contributed by atoms with Crippen molar-refractivity contribution < 1.29 is 9.59 Å². The van der Waals surface area contributed by atoms with Gasteiger partial charge in [-0.3, -0.25) is 9.59 Å². The molecule has 0 radical (unpaired) electrons. The van der Waals surface area contributed by atoms with Crippen LogP contribution in [0.2, 0.25) is 0 Å². The lowest BCUT2D eigenvalue weighted by Gasteiger charge is -2.09. The number of rotatable bonds is 2. The van der Waals surface area contributed by atoms with Gasteiger partial charge >= 0.3 is 0 Å². The number of anilines is 2. The summed E-state index contributed by atoms with van der Waals surface area (Å²) in [5.74, 6) is -0.443. The van der Waals surface area contributed by atoms with Crippen LogP contribution in [0.3, 0.4) is 0 Å². The molecule has 0 heterocycles. The Hall–Kier alpha value is -1.84. The van der Waals surface area contributed by atoms with Gasteiger partial charge in [0.1, 0.15) is 0 Å². The number of benzene rings is 1. The first-order valence-electron chi connectivity index (χ1n) is 4.15. The fraction of sp³-hybridized carbons (Fsp3) is 0.200. The molecule has 1 aromatic carbocycles. The summed E-state index contributed by atoms with van der Waals surface area (Å²) in [6.07, 6.45) is 0.